The van der Waals surface area contributed by atoms with Gasteiger partial charge in [0.15, 0.2) is 0 Å². The van der Waals surface area contributed by atoms with Gasteiger partial charge in [0.25, 0.3) is 0 Å². The van der Waals surface area contributed by atoms with Crippen LogP contribution >= 0.6 is 11.3 Å². The predicted molar refractivity (Wildman–Crippen MR) is 70.9 cm³/mol. The molecule has 18 heavy (non-hydrogen) atoms. The summed E-state index contributed by atoms with van der Waals surface area (Å²) in [7, 11) is 0. The molecule has 5 heteroatoms. The molecule has 1 aromatic rings. The number of ether oxygens (including phenoxy) is 2. The zero-order chi connectivity index (χ0) is 13.3. The van der Waals surface area contributed by atoms with E-state index >= 15 is 0 Å². The average molecular weight is 269 g/mol. The fourth-order valence-corrected chi connectivity index (χ4v) is 2.99. The molecule has 1 aromatic heterocycles. The van der Waals surface area contributed by atoms with Crippen LogP contribution in [-0.2, 0) is 15.9 Å². The molecular weight excluding hydrogens is 250 g/mol. The van der Waals surface area contributed by atoms with E-state index < -0.39 is 5.60 Å². The molecule has 1 aliphatic heterocycles. The number of nitrogens with two attached hydrogens (primary N) is 1. The van der Waals surface area contributed by atoms with E-state index in [0.29, 0.717) is 18.0 Å². The molecule has 0 bridgehead atoms. The molecule has 0 saturated heterocycles. The Kier molecular flexibility index (Phi) is 3.75. The number of esters is 1. The summed E-state index contributed by atoms with van der Waals surface area (Å²) >= 11 is 1.49. The number of fused-ring (bicyclic) bond motifs is 1. The number of rotatable bonds is 2. The van der Waals surface area contributed by atoms with E-state index in [2.05, 4.69) is 0 Å². The highest BCUT2D eigenvalue weighted by molar-refractivity contribution is 7.14. The molecule has 0 spiro atoms. The Morgan fingerprint density at radius 3 is 2.94 bits per heavy atom. The van der Waals surface area contributed by atoms with Gasteiger partial charge in [-0.2, -0.15) is 0 Å². The molecule has 0 aliphatic carbocycles. The first-order valence-corrected chi connectivity index (χ1v) is 6.90. The van der Waals surface area contributed by atoms with Gasteiger partial charge in [-0.1, -0.05) is 0 Å². The van der Waals surface area contributed by atoms with Crippen LogP contribution in [0.5, 0.6) is 0 Å². The first-order chi connectivity index (χ1) is 8.40. The standard InChI is InChI=1S/C13H19NO3S/c1-13(2,3)17-12(15)11-6-8-9(7-14)16-5-4-10(8)18-11/h6,9H,4-5,7,14H2,1-3H3. The molecule has 1 atom stereocenters. The number of carbonyl (C=O) groups excluding carboxylic acids is 1. The van der Waals surface area contributed by atoms with Crippen LogP contribution in [0.15, 0.2) is 6.07 Å². The molecule has 0 saturated carbocycles. The Morgan fingerprint density at radius 1 is 1.61 bits per heavy atom. The molecule has 2 N–H and O–H groups in total. The van der Waals surface area contributed by atoms with Gasteiger partial charge in [-0.05, 0) is 32.4 Å². The average Bonchev–Trinajstić information content (AvgIpc) is 2.70. The molecule has 0 aromatic carbocycles. The van der Waals surface area contributed by atoms with Gasteiger partial charge in [0, 0.05) is 17.8 Å². The van der Waals surface area contributed by atoms with E-state index in [9.17, 15) is 4.79 Å². The molecule has 1 aliphatic rings. The van der Waals surface area contributed by atoms with Gasteiger partial charge in [0.2, 0.25) is 0 Å². The lowest BCUT2D eigenvalue weighted by Gasteiger charge is -2.21. The summed E-state index contributed by atoms with van der Waals surface area (Å²) in [6, 6.07) is 1.87. The van der Waals surface area contributed by atoms with Crippen LogP contribution in [0.4, 0.5) is 0 Å². The zero-order valence-electron chi connectivity index (χ0n) is 11.0. The number of hydrogen-bond donors (Lipinski definition) is 1. The summed E-state index contributed by atoms with van der Waals surface area (Å²) in [6.45, 7) is 6.71. The fraction of sp³-hybridized carbons (Fsp3) is 0.615. The lowest BCUT2D eigenvalue weighted by molar-refractivity contribution is 0.00749. The highest BCUT2D eigenvalue weighted by atomic mass is 32.1. The summed E-state index contributed by atoms with van der Waals surface area (Å²) in [4.78, 5) is 13.8. The SMILES string of the molecule is CC(C)(C)OC(=O)c1cc2c(s1)CCOC2CN. The van der Waals surface area contributed by atoms with Gasteiger partial charge in [-0.3, -0.25) is 0 Å². The minimum absolute atomic E-state index is 0.0822. The second-order valence-electron chi connectivity index (χ2n) is 5.34. The third kappa shape index (κ3) is 2.91. The number of carbonyl (C=O) groups is 1. The Hall–Kier alpha value is -0.910. The van der Waals surface area contributed by atoms with Gasteiger partial charge in [0.05, 0.1) is 12.7 Å². The van der Waals surface area contributed by atoms with Crippen molar-refractivity contribution < 1.29 is 14.3 Å². The molecule has 0 radical (unpaired) electrons. The van der Waals surface area contributed by atoms with Gasteiger partial charge in [-0.15, -0.1) is 11.3 Å². The summed E-state index contributed by atoms with van der Waals surface area (Å²) in [5.41, 5.74) is 6.25. The predicted octanol–water partition coefficient (Wildman–Crippen LogP) is 2.28. The van der Waals surface area contributed by atoms with Crippen molar-refractivity contribution >= 4 is 17.3 Å². The van der Waals surface area contributed by atoms with Crippen LogP contribution in [0.1, 0.15) is 47.0 Å². The summed E-state index contributed by atoms with van der Waals surface area (Å²) < 4.78 is 10.9. The maximum Gasteiger partial charge on any atom is 0.348 e. The van der Waals surface area contributed by atoms with E-state index in [1.807, 2.05) is 26.8 Å². The highest BCUT2D eigenvalue weighted by Crippen LogP contribution is 2.34. The van der Waals surface area contributed by atoms with Crippen molar-refractivity contribution in [2.75, 3.05) is 13.2 Å². The van der Waals surface area contributed by atoms with Crippen LogP contribution in [0.2, 0.25) is 0 Å². The van der Waals surface area contributed by atoms with E-state index in [1.54, 1.807) is 0 Å². The van der Waals surface area contributed by atoms with Gasteiger partial charge >= 0.3 is 5.97 Å². The van der Waals surface area contributed by atoms with Crippen molar-refractivity contribution in [1.82, 2.24) is 0 Å². The number of thiophene rings is 1. The van der Waals surface area contributed by atoms with E-state index in [-0.39, 0.29) is 12.1 Å². The summed E-state index contributed by atoms with van der Waals surface area (Å²) in [6.07, 6.45) is 0.764. The van der Waals surface area contributed by atoms with Gasteiger partial charge in [0.1, 0.15) is 10.5 Å². The Labute approximate surface area is 111 Å². The minimum Gasteiger partial charge on any atom is -0.456 e. The fourth-order valence-electron chi connectivity index (χ4n) is 1.92. The summed E-state index contributed by atoms with van der Waals surface area (Å²) in [5, 5.41) is 0. The molecule has 100 valence electrons. The first kappa shape index (κ1) is 13.5. The smallest absolute Gasteiger partial charge is 0.348 e. The van der Waals surface area contributed by atoms with Gasteiger partial charge < -0.3 is 15.2 Å². The topological polar surface area (TPSA) is 61.5 Å². The lowest BCUT2D eigenvalue weighted by atomic mass is 10.1. The van der Waals surface area contributed by atoms with E-state index in [1.165, 1.54) is 16.2 Å². The quantitative estimate of drug-likeness (QED) is 0.837. The van der Waals surface area contributed by atoms with Crippen LogP contribution < -0.4 is 5.73 Å². The van der Waals surface area contributed by atoms with Crippen molar-refractivity contribution in [2.24, 2.45) is 5.73 Å². The van der Waals surface area contributed by atoms with E-state index in [4.69, 9.17) is 15.2 Å². The van der Waals surface area contributed by atoms with Crippen LogP contribution in [0.3, 0.4) is 0 Å². The normalized spacial score (nSPS) is 19.4. The Bertz CT molecular complexity index is 448. The molecular formula is C13H19NO3S. The van der Waals surface area contributed by atoms with Crippen LogP contribution in [-0.4, -0.2) is 24.7 Å². The zero-order valence-corrected chi connectivity index (χ0v) is 11.8. The van der Waals surface area contributed by atoms with Crippen LogP contribution in [0.25, 0.3) is 0 Å². The monoisotopic (exact) mass is 269 g/mol. The Balaban J connectivity index is 2.21. The molecule has 0 fully saturated rings. The van der Waals surface area contributed by atoms with Crippen molar-refractivity contribution in [1.29, 1.82) is 0 Å². The third-order valence-electron chi connectivity index (χ3n) is 2.65. The van der Waals surface area contributed by atoms with E-state index in [0.717, 1.165) is 12.0 Å². The van der Waals surface area contributed by atoms with Crippen molar-refractivity contribution in [2.45, 2.75) is 38.9 Å². The van der Waals surface area contributed by atoms with Crippen molar-refractivity contribution in [3.63, 3.8) is 0 Å². The molecule has 1 unspecified atom stereocenters. The maximum absolute atomic E-state index is 12.0. The first-order valence-electron chi connectivity index (χ1n) is 6.08. The van der Waals surface area contributed by atoms with Crippen molar-refractivity contribution in [3.05, 3.63) is 21.4 Å². The number of hydrogen-bond acceptors (Lipinski definition) is 5. The Morgan fingerprint density at radius 2 is 2.33 bits per heavy atom. The second-order valence-corrected chi connectivity index (χ2v) is 6.47. The summed E-state index contributed by atoms with van der Waals surface area (Å²) in [5.74, 6) is -0.266. The van der Waals surface area contributed by atoms with Gasteiger partial charge in [-0.25, -0.2) is 4.79 Å². The molecule has 2 rings (SSSR count). The third-order valence-corrected chi connectivity index (χ3v) is 3.84. The van der Waals surface area contributed by atoms with Crippen LogP contribution in [0, 0.1) is 0 Å². The second kappa shape index (κ2) is 4.99. The largest absolute Gasteiger partial charge is 0.456 e. The highest BCUT2D eigenvalue weighted by Gasteiger charge is 2.26. The molecule has 4 nitrogen and oxygen atoms in total. The minimum atomic E-state index is -0.467. The van der Waals surface area contributed by atoms with Crippen molar-refractivity contribution in [3.8, 4) is 0 Å². The molecule has 2 heterocycles. The molecule has 0 amide bonds. The maximum atomic E-state index is 12.0. The lowest BCUT2D eigenvalue weighted by Crippen LogP contribution is -2.23.